The van der Waals surface area contributed by atoms with Crippen molar-refractivity contribution in [3.8, 4) is 17.2 Å². The molecule has 2 aromatic carbocycles. The summed E-state index contributed by atoms with van der Waals surface area (Å²) in [5.74, 6) is -0.435. The standard InChI is InChI=1S/C19H15ClO5/c1-23-17-13-9-10-25-18(13)19(24-2)16(22)15(17)14(21)8-5-11-3-6-12(20)7-4-11/h3-10,22H,1-2H3/b8-5+. The van der Waals surface area contributed by atoms with Crippen molar-refractivity contribution in [2.45, 2.75) is 0 Å². The third-order valence-electron chi connectivity index (χ3n) is 3.75. The Balaban J connectivity index is 2.09. The summed E-state index contributed by atoms with van der Waals surface area (Å²) in [4.78, 5) is 12.7. The summed E-state index contributed by atoms with van der Waals surface area (Å²) in [6.45, 7) is 0. The van der Waals surface area contributed by atoms with Gasteiger partial charge < -0.3 is 19.0 Å². The molecular weight excluding hydrogens is 344 g/mol. The number of phenols is 1. The maximum atomic E-state index is 12.7. The Morgan fingerprint density at radius 3 is 2.44 bits per heavy atom. The Hall–Kier alpha value is -2.92. The van der Waals surface area contributed by atoms with Crippen molar-refractivity contribution in [2.24, 2.45) is 0 Å². The van der Waals surface area contributed by atoms with Gasteiger partial charge in [0.05, 0.1) is 25.9 Å². The van der Waals surface area contributed by atoms with Crippen LogP contribution in [-0.4, -0.2) is 25.1 Å². The van der Waals surface area contributed by atoms with Crippen molar-refractivity contribution in [1.82, 2.24) is 0 Å². The van der Waals surface area contributed by atoms with E-state index in [0.29, 0.717) is 16.0 Å². The summed E-state index contributed by atoms with van der Waals surface area (Å²) in [7, 11) is 2.81. The molecule has 0 spiro atoms. The van der Waals surface area contributed by atoms with E-state index in [0.717, 1.165) is 5.56 Å². The Morgan fingerprint density at radius 1 is 1.12 bits per heavy atom. The minimum Gasteiger partial charge on any atom is -0.504 e. The summed E-state index contributed by atoms with van der Waals surface area (Å²) in [5, 5.41) is 11.6. The number of phenolic OH excluding ortho intramolecular Hbond substituents is 1. The fraction of sp³-hybridized carbons (Fsp3) is 0.105. The van der Waals surface area contributed by atoms with Crippen LogP contribution in [0.5, 0.6) is 17.2 Å². The van der Waals surface area contributed by atoms with E-state index in [9.17, 15) is 9.90 Å². The van der Waals surface area contributed by atoms with Crippen molar-refractivity contribution in [2.75, 3.05) is 14.2 Å². The topological polar surface area (TPSA) is 68.9 Å². The first kappa shape index (κ1) is 16.9. The summed E-state index contributed by atoms with van der Waals surface area (Å²) in [6.07, 6.45) is 4.42. The van der Waals surface area contributed by atoms with Gasteiger partial charge in [-0.1, -0.05) is 29.8 Å². The highest BCUT2D eigenvalue weighted by molar-refractivity contribution is 6.30. The van der Waals surface area contributed by atoms with E-state index in [1.54, 1.807) is 36.4 Å². The van der Waals surface area contributed by atoms with E-state index in [2.05, 4.69) is 0 Å². The summed E-state index contributed by atoms with van der Waals surface area (Å²) in [6, 6.07) is 8.66. The van der Waals surface area contributed by atoms with Crippen molar-refractivity contribution in [3.05, 3.63) is 58.8 Å². The van der Waals surface area contributed by atoms with Crippen LogP contribution in [0.25, 0.3) is 17.0 Å². The quantitative estimate of drug-likeness (QED) is 0.528. The number of rotatable bonds is 5. The van der Waals surface area contributed by atoms with Gasteiger partial charge in [-0.2, -0.15) is 0 Å². The van der Waals surface area contributed by atoms with Gasteiger partial charge in [0.2, 0.25) is 5.75 Å². The number of hydrogen-bond donors (Lipinski definition) is 1. The van der Waals surface area contributed by atoms with E-state index in [-0.39, 0.29) is 22.8 Å². The normalized spacial score (nSPS) is 11.2. The first-order valence-electron chi connectivity index (χ1n) is 7.39. The number of ether oxygens (including phenoxy) is 2. The van der Waals surface area contributed by atoms with Crippen LogP contribution in [0.1, 0.15) is 15.9 Å². The van der Waals surface area contributed by atoms with Crippen LogP contribution in [0.2, 0.25) is 5.02 Å². The van der Waals surface area contributed by atoms with Crippen LogP contribution in [0.4, 0.5) is 0 Å². The fourth-order valence-electron chi connectivity index (χ4n) is 2.59. The lowest BCUT2D eigenvalue weighted by molar-refractivity contribution is 0.104. The molecule has 0 aliphatic rings. The van der Waals surface area contributed by atoms with Crippen LogP contribution in [0.3, 0.4) is 0 Å². The van der Waals surface area contributed by atoms with E-state index in [1.165, 1.54) is 26.6 Å². The monoisotopic (exact) mass is 358 g/mol. The number of ketones is 1. The first-order chi connectivity index (χ1) is 12.1. The number of carbonyl (C=O) groups excluding carboxylic acids is 1. The maximum absolute atomic E-state index is 12.7. The van der Waals surface area contributed by atoms with Crippen LogP contribution in [-0.2, 0) is 0 Å². The second-order valence-electron chi connectivity index (χ2n) is 5.20. The van der Waals surface area contributed by atoms with Gasteiger partial charge in [-0.25, -0.2) is 0 Å². The molecule has 0 saturated heterocycles. The van der Waals surface area contributed by atoms with Crippen LogP contribution in [0, 0.1) is 0 Å². The molecule has 0 aliphatic heterocycles. The molecule has 0 atom stereocenters. The lowest BCUT2D eigenvalue weighted by Gasteiger charge is -2.13. The average molecular weight is 359 g/mol. The van der Waals surface area contributed by atoms with Gasteiger partial charge in [0.15, 0.2) is 17.1 Å². The molecule has 0 saturated carbocycles. The van der Waals surface area contributed by atoms with Gasteiger partial charge in [0.25, 0.3) is 0 Å². The number of benzene rings is 2. The van der Waals surface area contributed by atoms with E-state index in [1.807, 2.05) is 0 Å². The Morgan fingerprint density at radius 2 is 1.80 bits per heavy atom. The largest absolute Gasteiger partial charge is 0.504 e. The fourth-order valence-corrected chi connectivity index (χ4v) is 2.71. The van der Waals surface area contributed by atoms with Gasteiger partial charge in [-0.15, -0.1) is 0 Å². The number of aromatic hydroxyl groups is 1. The molecular formula is C19H15ClO5. The zero-order valence-electron chi connectivity index (χ0n) is 13.6. The van der Waals surface area contributed by atoms with Gasteiger partial charge in [-0.05, 0) is 29.8 Å². The third kappa shape index (κ3) is 3.06. The number of halogens is 1. The average Bonchev–Trinajstić information content (AvgIpc) is 3.09. The van der Waals surface area contributed by atoms with Crippen LogP contribution in [0.15, 0.2) is 47.1 Å². The summed E-state index contributed by atoms with van der Waals surface area (Å²) < 4.78 is 15.9. The number of allylic oxidation sites excluding steroid dienone is 1. The van der Waals surface area contributed by atoms with Gasteiger partial charge >= 0.3 is 0 Å². The SMILES string of the molecule is COc1c(C(=O)/C=C/c2ccc(Cl)cc2)c(O)c(OC)c2occc12. The molecule has 0 radical (unpaired) electrons. The highest BCUT2D eigenvalue weighted by Crippen LogP contribution is 2.45. The third-order valence-corrected chi connectivity index (χ3v) is 4.00. The van der Waals surface area contributed by atoms with Crippen molar-refractivity contribution >= 4 is 34.4 Å². The predicted molar refractivity (Wildman–Crippen MR) is 95.8 cm³/mol. The molecule has 1 aromatic heterocycles. The second kappa shape index (κ2) is 6.91. The Labute approximate surface area is 149 Å². The smallest absolute Gasteiger partial charge is 0.205 e. The number of hydrogen-bond acceptors (Lipinski definition) is 5. The number of furan rings is 1. The molecule has 1 N–H and O–H groups in total. The van der Waals surface area contributed by atoms with Gasteiger partial charge in [0.1, 0.15) is 11.3 Å². The Bertz CT molecular complexity index is 954. The minimum atomic E-state index is -0.425. The summed E-state index contributed by atoms with van der Waals surface area (Å²) >= 11 is 5.85. The van der Waals surface area contributed by atoms with Crippen LogP contribution >= 0.6 is 11.6 Å². The van der Waals surface area contributed by atoms with E-state index >= 15 is 0 Å². The molecule has 1 heterocycles. The molecule has 128 valence electrons. The Kier molecular flexibility index (Phi) is 4.67. The molecule has 0 amide bonds. The molecule has 0 aliphatic carbocycles. The molecule has 0 bridgehead atoms. The van der Waals surface area contributed by atoms with E-state index < -0.39 is 5.78 Å². The molecule has 5 nitrogen and oxygen atoms in total. The molecule has 0 fully saturated rings. The number of carbonyl (C=O) groups is 1. The maximum Gasteiger partial charge on any atom is 0.205 e. The highest BCUT2D eigenvalue weighted by atomic mass is 35.5. The lowest BCUT2D eigenvalue weighted by Crippen LogP contribution is -2.02. The molecule has 3 aromatic rings. The lowest BCUT2D eigenvalue weighted by atomic mass is 10.0. The van der Waals surface area contributed by atoms with Crippen molar-refractivity contribution in [3.63, 3.8) is 0 Å². The highest BCUT2D eigenvalue weighted by Gasteiger charge is 2.26. The van der Waals surface area contributed by atoms with E-state index in [4.69, 9.17) is 25.5 Å². The summed E-state index contributed by atoms with van der Waals surface area (Å²) in [5.41, 5.74) is 1.13. The van der Waals surface area contributed by atoms with Crippen molar-refractivity contribution < 1.29 is 23.8 Å². The van der Waals surface area contributed by atoms with Crippen LogP contribution < -0.4 is 9.47 Å². The first-order valence-corrected chi connectivity index (χ1v) is 7.76. The molecule has 25 heavy (non-hydrogen) atoms. The zero-order chi connectivity index (χ0) is 18.0. The molecule has 3 rings (SSSR count). The predicted octanol–water partition coefficient (Wildman–Crippen LogP) is 4.71. The number of methoxy groups -OCH3 is 2. The molecule has 0 unspecified atom stereocenters. The van der Waals surface area contributed by atoms with Crippen molar-refractivity contribution in [1.29, 1.82) is 0 Å². The van der Waals surface area contributed by atoms with Gasteiger partial charge in [0, 0.05) is 5.02 Å². The second-order valence-corrected chi connectivity index (χ2v) is 5.64. The zero-order valence-corrected chi connectivity index (χ0v) is 14.3. The number of fused-ring (bicyclic) bond motifs is 1. The molecule has 6 heteroatoms. The van der Waals surface area contributed by atoms with Gasteiger partial charge in [-0.3, -0.25) is 4.79 Å². The minimum absolute atomic E-state index is 0.0125.